The summed E-state index contributed by atoms with van der Waals surface area (Å²) in [5, 5.41) is 14.6. The highest BCUT2D eigenvalue weighted by Crippen LogP contribution is 2.28. The summed E-state index contributed by atoms with van der Waals surface area (Å²) >= 11 is 1.37. The van der Waals surface area contributed by atoms with Gasteiger partial charge < -0.3 is 20.5 Å². The number of anilines is 3. The molecule has 0 bridgehead atoms. The number of aryl methyl sites for hydroxylation is 2. The van der Waals surface area contributed by atoms with Crippen LogP contribution in [0, 0.1) is 6.92 Å². The molecular formula is C19H23N9OS. The van der Waals surface area contributed by atoms with Crippen LogP contribution < -0.4 is 16.0 Å². The van der Waals surface area contributed by atoms with Crippen molar-refractivity contribution in [3.05, 3.63) is 36.4 Å². The number of nitrogens with one attached hydrogen (secondary N) is 3. The van der Waals surface area contributed by atoms with E-state index in [0.29, 0.717) is 24.9 Å². The molecule has 0 saturated heterocycles. The van der Waals surface area contributed by atoms with Crippen LogP contribution in [0.3, 0.4) is 0 Å². The van der Waals surface area contributed by atoms with Gasteiger partial charge in [-0.05, 0) is 37.0 Å². The summed E-state index contributed by atoms with van der Waals surface area (Å²) in [7, 11) is 1.88. The lowest BCUT2D eigenvalue weighted by Gasteiger charge is -2.12. The molecule has 11 heteroatoms. The van der Waals surface area contributed by atoms with E-state index in [1.807, 2.05) is 43.1 Å². The van der Waals surface area contributed by atoms with Gasteiger partial charge in [0, 0.05) is 39.5 Å². The van der Waals surface area contributed by atoms with E-state index in [-0.39, 0.29) is 5.91 Å². The van der Waals surface area contributed by atoms with Gasteiger partial charge in [-0.15, -0.1) is 0 Å². The van der Waals surface area contributed by atoms with E-state index in [4.69, 9.17) is 4.98 Å². The van der Waals surface area contributed by atoms with Crippen LogP contribution in [-0.2, 0) is 11.8 Å². The van der Waals surface area contributed by atoms with Crippen LogP contribution in [0.15, 0.2) is 30.7 Å². The van der Waals surface area contributed by atoms with Crippen molar-refractivity contribution in [3.63, 3.8) is 0 Å². The van der Waals surface area contributed by atoms with Crippen molar-refractivity contribution >= 4 is 45.2 Å². The number of hydrogen-bond donors (Lipinski definition) is 3. The van der Waals surface area contributed by atoms with Crippen LogP contribution in [-0.4, -0.2) is 47.7 Å². The minimum atomic E-state index is -0.0313. The lowest BCUT2D eigenvalue weighted by Crippen LogP contribution is -2.23. The van der Waals surface area contributed by atoms with Crippen LogP contribution >= 0.6 is 11.5 Å². The van der Waals surface area contributed by atoms with Crippen LogP contribution in [0.1, 0.15) is 19.0 Å². The van der Waals surface area contributed by atoms with Crippen molar-refractivity contribution < 1.29 is 4.79 Å². The topological polar surface area (TPSA) is 115 Å². The molecule has 1 amide bonds. The summed E-state index contributed by atoms with van der Waals surface area (Å²) in [6.45, 7) is 4.72. The largest absolute Gasteiger partial charge is 0.368 e. The zero-order valence-electron chi connectivity index (χ0n) is 17.0. The van der Waals surface area contributed by atoms with Gasteiger partial charge in [-0.25, -0.2) is 4.98 Å². The molecule has 0 aliphatic heterocycles. The molecule has 0 fully saturated rings. The lowest BCUT2D eigenvalue weighted by atomic mass is 10.3. The van der Waals surface area contributed by atoms with Gasteiger partial charge in [0.05, 0.1) is 23.1 Å². The molecular weight excluding hydrogens is 402 g/mol. The monoisotopic (exact) mass is 425 g/mol. The van der Waals surface area contributed by atoms with Gasteiger partial charge >= 0.3 is 0 Å². The van der Waals surface area contributed by atoms with Gasteiger partial charge in [0.25, 0.3) is 0 Å². The first-order valence-electron chi connectivity index (χ1n) is 9.56. The quantitative estimate of drug-likeness (QED) is 0.372. The van der Waals surface area contributed by atoms with E-state index in [1.165, 1.54) is 18.5 Å². The summed E-state index contributed by atoms with van der Waals surface area (Å²) in [5.74, 6) is 1.18. The number of rotatable bonds is 8. The second-order valence-corrected chi connectivity index (χ2v) is 7.71. The molecule has 0 spiro atoms. The molecule has 0 saturated carbocycles. The molecule has 4 heterocycles. The second kappa shape index (κ2) is 8.49. The molecule has 10 nitrogen and oxygen atoms in total. The maximum atomic E-state index is 11.1. The van der Waals surface area contributed by atoms with Crippen molar-refractivity contribution in [1.82, 2.24) is 34.0 Å². The van der Waals surface area contributed by atoms with E-state index in [0.717, 1.165) is 33.8 Å². The number of carbonyl (C=O) groups is 1. The number of nitrogens with zero attached hydrogens (tertiary/aromatic N) is 6. The Morgan fingerprint density at radius 3 is 2.83 bits per heavy atom. The van der Waals surface area contributed by atoms with Crippen molar-refractivity contribution in [2.45, 2.75) is 20.3 Å². The summed E-state index contributed by atoms with van der Waals surface area (Å²) in [5.41, 5.74) is 3.55. The minimum absolute atomic E-state index is 0.0313. The van der Waals surface area contributed by atoms with Crippen LogP contribution in [0.25, 0.3) is 16.7 Å². The van der Waals surface area contributed by atoms with E-state index in [1.54, 1.807) is 10.9 Å². The number of carbonyl (C=O) groups excluding carboxylic acids is 1. The normalized spacial score (nSPS) is 11.0. The van der Waals surface area contributed by atoms with Gasteiger partial charge in [-0.3, -0.25) is 9.48 Å². The maximum absolute atomic E-state index is 11.1. The fraction of sp³-hybridized carbons (Fsp3) is 0.316. The number of hydrogen-bond acceptors (Lipinski definition) is 8. The van der Waals surface area contributed by atoms with Crippen molar-refractivity contribution in [1.29, 1.82) is 0 Å². The van der Waals surface area contributed by atoms with E-state index in [9.17, 15) is 4.79 Å². The molecule has 156 valence electrons. The van der Waals surface area contributed by atoms with E-state index < -0.39 is 0 Å². The third kappa shape index (κ3) is 4.40. The Morgan fingerprint density at radius 2 is 2.13 bits per heavy atom. The van der Waals surface area contributed by atoms with E-state index >= 15 is 0 Å². The zero-order valence-corrected chi connectivity index (χ0v) is 17.8. The molecule has 0 radical (unpaired) electrons. The summed E-state index contributed by atoms with van der Waals surface area (Å²) < 4.78 is 8.06. The fourth-order valence-corrected chi connectivity index (χ4v) is 3.72. The predicted octanol–water partition coefficient (Wildman–Crippen LogP) is 2.60. The first kappa shape index (κ1) is 19.8. The van der Waals surface area contributed by atoms with Crippen LogP contribution in [0.4, 0.5) is 16.8 Å². The van der Waals surface area contributed by atoms with Gasteiger partial charge in [-0.1, -0.05) is 0 Å². The van der Waals surface area contributed by atoms with Gasteiger partial charge in [0.15, 0.2) is 5.82 Å². The van der Waals surface area contributed by atoms with Gasteiger partial charge in [0.1, 0.15) is 10.5 Å². The molecule has 0 atom stereocenters. The van der Waals surface area contributed by atoms with Gasteiger partial charge in [-0.2, -0.15) is 14.5 Å². The smallest absolute Gasteiger partial charge is 0.230 e. The third-order valence-electron chi connectivity index (χ3n) is 4.39. The Bertz CT molecular complexity index is 1180. The summed E-state index contributed by atoms with van der Waals surface area (Å²) in [4.78, 5) is 20.5. The highest BCUT2D eigenvalue weighted by Gasteiger charge is 2.15. The molecule has 0 aliphatic carbocycles. The molecule has 4 rings (SSSR count). The Labute approximate surface area is 177 Å². The predicted molar refractivity (Wildman–Crippen MR) is 118 cm³/mol. The summed E-state index contributed by atoms with van der Waals surface area (Å²) in [6, 6.07) is 3.91. The number of aromatic nitrogens is 6. The van der Waals surface area contributed by atoms with E-state index in [2.05, 4.69) is 30.4 Å². The lowest BCUT2D eigenvalue weighted by molar-refractivity contribution is -0.118. The van der Waals surface area contributed by atoms with Crippen LogP contribution in [0.2, 0.25) is 0 Å². The third-order valence-corrected chi connectivity index (χ3v) is 5.18. The average Bonchev–Trinajstić information content (AvgIpc) is 3.41. The SMILES string of the molecule is CC(=O)NCCCNc1nc(Nc2cc(C)ns2)nc2ccn(-c3cnn(C)c3)c12. The first-order chi connectivity index (χ1) is 14.5. The fourth-order valence-electron chi connectivity index (χ4n) is 3.06. The van der Waals surface area contributed by atoms with Crippen molar-refractivity contribution in [2.75, 3.05) is 23.7 Å². The number of amides is 1. The molecule has 30 heavy (non-hydrogen) atoms. The maximum Gasteiger partial charge on any atom is 0.230 e. The van der Waals surface area contributed by atoms with Gasteiger partial charge in [0.2, 0.25) is 11.9 Å². The van der Waals surface area contributed by atoms with Crippen LogP contribution in [0.5, 0.6) is 0 Å². The molecule has 0 aromatic carbocycles. The Kier molecular flexibility index (Phi) is 5.61. The standard InChI is InChI=1S/C19H23N9OS/c1-12-9-16(30-26-12)24-19-23-15-5-8-28(14-10-22-27(3)11-14)17(15)18(25-19)21-7-4-6-20-13(2)29/h5,8-11H,4,6-7H2,1-3H3,(H,20,29)(H2,21,23,24,25). The first-order valence-corrected chi connectivity index (χ1v) is 10.3. The molecule has 0 aliphatic rings. The highest BCUT2D eigenvalue weighted by molar-refractivity contribution is 7.10. The molecule has 4 aromatic heterocycles. The Hall–Kier alpha value is -3.47. The van der Waals surface area contributed by atoms with Crippen molar-refractivity contribution in [3.8, 4) is 5.69 Å². The zero-order chi connectivity index (χ0) is 21.1. The Balaban J connectivity index is 1.65. The minimum Gasteiger partial charge on any atom is -0.368 e. The number of fused-ring (bicyclic) bond motifs is 1. The summed E-state index contributed by atoms with van der Waals surface area (Å²) in [6.07, 6.45) is 6.47. The molecule has 4 aromatic rings. The highest BCUT2D eigenvalue weighted by atomic mass is 32.1. The second-order valence-electron chi connectivity index (χ2n) is 6.91. The molecule has 3 N–H and O–H groups in total. The Morgan fingerprint density at radius 1 is 1.27 bits per heavy atom. The average molecular weight is 426 g/mol. The van der Waals surface area contributed by atoms with Crippen molar-refractivity contribution in [2.24, 2.45) is 7.05 Å². The molecule has 0 unspecified atom stereocenters.